The van der Waals surface area contributed by atoms with Crippen molar-refractivity contribution in [2.24, 2.45) is 0 Å². The minimum Gasteiger partial charge on any atom is -0.363 e. The molecular formula is C14H13BrCl2N2. The number of aromatic nitrogens is 1. The van der Waals surface area contributed by atoms with Crippen molar-refractivity contribution in [3.05, 3.63) is 56.1 Å². The van der Waals surface area contributed by atoms with Gasteiger partial charge in [0.15, 0.2) is 0 Å². The lowest BCUT2D eigenvalue weighted by Gasteiger charge is -2.18. The smallest absolute Gasteiger partial charge is 0.129 e. The van der Waals surface area contributed by atoms with Crippen LogP contribution in [0.5, 0.6) is 0 Å². The Bertz CT molecular complexity index is 602. The Labute approximate surface area is 131 Å². The summed E-state index contributed by atoms with van der Waals surface area (Å²) in [6.45, 7) is 4.05. The third kappa shape index (κ3) is 3.62. The van der Waals surface area contributed by atoms with Crippen LogP contribution in [0.3, 0.4) is 0 Å². The van der Waals surface area contributed by atoms with E-state index in [0.717, 1.165) is 21.4 Å². The lowest BCUT2D eigenvalue weighted by molar-refractivity contribution is 0.871. The van der Waals surface area contributed by atoms with Crippen LogP contribution in [0.1, 0.15) is 24.1 Å². The Balaban J connectivity index is 2.23. The molecule has 2 aromatic rings. The maximum atomic E-state index is 6.20. The van der Waals surface area contributed by atoms with Crippen molar-refractivity contribution in [1.82, 2.24) is 4.98 Å². The summed E-state index contributed by atoms with van der Waals surface area (Å²) in [4.78, 5) is 4.36. The molecule has 2 rings (SSSR count). The summed E-state index contributed by atoms with van der Waals surface area (Å²) in [6, 6.07) is 7.58. The number of rotatable bonds is 3. The van der Waals surface area contributed by atoms with Crippen LogP contribution in [0.15, 0.2) is 34.9 Å². The highest BCUT2D eigenvalue weighted by Gasteiger charge is 2.11. The first-order valence-corrected chi connectivity index (χ1v) is 7.36. The van der Waals surface area contributed by atoms with Crippen LogP contribution in [0, 0.1) is 6.92 Å². The molecule has 1 heterocycles. The van der Waals surface area contributed by atoms with Crippen LogP contribution in [0.4, 0.5) is 5.82 Å². The molecule has 0 aliphatic rings. The summed E-state index contributed by atoms with van der Waals surface area (Å²) >= 11 is 15.5. The molecule has 2 nitrogen and oxygen atoms in total. The van der Waals surface area contributed by atoms with Gasteiger partial charge in [-0.1, -0.05) is 29.3 Å². The Kier molecular flexibility index (Phi) is 4.71. The molecule has 5 heteroatoms. The number of pyridine rings is 1. The van der Waals surface area contributed by atoms with E-state index in [4.69, 9.17) is 23.2 Å². The Morgan fingerprint density at radius 3 is 2.63 bits per heavy atom. The highest BCUT2D eigenvalue weighted by Crippen LogP contribution is 2.29. The van der Waals surface area contributed by atoms with Gasteiger partial charge in [-0.05, 0) is 59.1 Å². The minimum atomic E-state index is 0.0529. The summed E-state index contributed by atoms with van der Waals surface area (Å²) in [7, 11) is 0. The van der Waals surface area contributed by atoms with E-state index in [9.17, 15) is 0 Å². The summed E-state index contributed by atoms with van der Waals surface area (Å²) in [5, 5.41) is 4.65. The van der Waals surface area contributed by atoms with E-state index >= 15 is 0 Å². The van der Waals surface area contributed by atoms with E-state index in [2.05, 4.69) is 26.2 Å². The highest BCUT2D eigenvalue weighted by atomic mass is 79.9. The first-order chi connectivity index (χ1) is 8.97. The number of anilines is 1. The van der Waals surface area contributed by atoms with Crippen molar-refractivity contribution in [3.63, 3.8) is 0 Å². The van der Waals surface area contributed by atoms with Gasteiger partial charge < -0.3 is 5.32 Å². The molecule has 0 spiro atoms. The second-order valence-electron chi connectivity index (χ2n) is 4.35. The second kappa shape index (κ2) is 6.12. The zero-order valence-electron chi connectivity index (χ0n) is 10.5. The predicted molar refractivity (Wildman–Crippen MR) is 85.2 cm³/mol. The summed E-state index contributed by atoms with van der Waals surface area (Å²) in [5.41, 5.74) is 2.07. The standard InChI is InChI=1S/C14H13BrCl2N2/c1-8-5-10(15)7-18-14(8)19-9(2)12-4-3-11(16)6-13(12)17/h3-7,9H,1-2H3,(H,18,19). The van der Waals surface area contributed by atoms with Crippen LogP contribution >= 0.6 is 39.1 Å². The normalized spacial score (nSPS) is 12.3. The molecule has 0 radical (unpaired) electrons. The molecule has 1 aromatic heterocycles. The molecule has 0 aliphatic carbocycles. The number of nitrogens with one attached hydrogen (secondary N) is 1. The van der Waals surface area contributed by atoms with Crippen LogP contribution < -0.4 is 5.32 Å². The van der Waals surface area contributed by atoms with Crippen molar-refractivity contribution in [3.8, 4) is 0 Å². The number of hydrogen-bond donors (Lipinski definition) is 1. The fourth-order valence-corrected chi connectivity index (χ4v) is 2.85. The maximum Gasteiger partial charge on any atom is 0.129 e. The van der Waals surface area contributed by atoms with Crippen molar-refractivity contribution in [1.29, 1.82) is 0 Å². The molecule has 0 aliphatic heterocycles. The second-order valence-corrected chi connectivity index (χ2v) is 6.11. The van der Waals surface area contributed by atoms with Gasteiger partial charge >= 0.3 is 0 Å². The van der Waals surface area contributed by atoms with Gasteiger partial charge in [-0.3, -0.25) is 0 Å². The molecular weight excluding hydrogens is 347 g/mol. The SMILES string of the molecule is Cc1cc(Br)cnc1NC(C)c1ccc(Cl)cc1Cl. The first-order valence-electron chi connectivity index (χ1n) is 5.81. The van der Waals surface area contributed by atoms with Crippen LogP contribution in [0.25, 0.3) is 0 Å². The number of nitrogens with zero attached hydrogens (tertiary/aromatic N) is 1. The molecule has 1 aromatic carbocycles. The van der Waals surface area contributed by atoms with Crippen molar-refractivity contribution < 1.29 is 0 Å². The van der Waals surface area contributed by atoms with Crippen LogP contribution in [-0.2, 0) is 0 Å². The Hall–Kier alpha value is -0.770. The van der Waals surface area contributed by atoms with Crippen molar-refractivity contribution in [2.45, 2.75) is 19.9 Å². The summed E-state index contributed by atoms with van der Waals surface area (Å²) in [5.74, 6) is 0.849. The zero-order chi connectivity index (χ0) is 14.0. The van der Waals surface area contributed by atoms with E-state index in [1.165, 1.54) is 0 Å². The van der Waals surface area contributed by atoms with Gasteiger partial charge in [0.25, 0.3) is 0 Å². The zero-order valence-corrected chi connectivity index (χ0v) is 13.6. The number of halogens is 3. The van der Waals surface area contributed by atoms with Crippen LogP contribution in [-0.4, -0.2) is 4.98 Å². The molecule has 1 N–H and O–H groups in total. The average Bonchev–Trinajstić information content (AvgIpc) is 2.32. The van der Waals surface area contributed by atoms with Crippen LogP contribution in [0.2, 0.25) is 10.0 Å². The predicted octanol–water partition coefficient (Wildman–Crippen LogP) is 5.63. The maximum absolute atomic E-state index is 6.20. The van der Waals surface area contributed by atoms with E-state index < -0.39 is 0 Å². The number of hydrogen-bond acceptors (Lipinski definition) is 2. The third-order valence-electron chi connectivity index (χ3n) is 2.83. The van der Waals surface area contributed by atoms with Gasteiger partial charge in [0.2, 0.25) is 0 Å². The molecule has 1 atom stereocenters. The average molecular weight is 360 g/mol. The fourth-order valence-electron chi connectivity index (χ4n) is 1.83. The molecule has 0 saturated heterocycles. The molecule has 0 fully saturated rings. The highest BCUT2D eigenvalue weighted by molar-refractivity contribution is 9.10. The summed E-state index contributed by atoms with van der Waals surface area (Å²) < 4.78 is 0.965. The first kappa shape index (κ1) is 14.6. The van der Waals surface area contributed by atoms with E-state index in [1.54, 1.807) is 12.3 Å². The van der Waals surface area contributed by atoms with E-state index in [-0.39, 0.29) is 6.04 Å². The lowest BCUT2D eigenvalue weighted by Crippen LogP contribution is -2.09. The lowest BCUT2D eigenvalue weighted by atomic mass is 10.1. The van der Waals surface area contributed by atoms with Gasteiger partial charge in [-0.15, -0.1) is 0 Å². The largest absolute Gasteiger partial charge is 0.363 e. The minimum absolute atomic E-state index is 0.0529. The number of aryl methyl sites for hydroxylation is 1. The molecule has 0 amide bonds. The number of benzene rings is 1. The van der Waals surface area contributed by atoms with E-state index in [0.29, 0.717) is 10.0 Å². The molecule has 0 saturated carbocycles. The molecule has 0 bridgehead atoms. The quantitative estimate of drug-likeness (QED) is 0.767. The van der Waals surface area contributed by atoms with Gasteiger partial charge in [0, 0.05) is 20.7 Å². The fraction of sp³-hybridized carbons (Fsp3) is 0.214. The van der Waals surface area contributed by atoms with Gasteiger partial charge in [0.1, 0.15) is 5.82 Å². The van der Waals surface area contributed by atoms with Crippen molar-refractivity contribution in [2.75, 3.05) is 5.32 Å². The third-order valence-corrected chi connectivity index (χ3v) is 3.82. The van der Waals surface area contributed by atoms with E-state index in [1.807, 2.05) is 32.0 Å². The Morgan fingerprint density at radius 1 is 1.26 bits per heavy atom. The monoisotopic (exact) mass is 358 g/mol. The van der Waals surface area contributed by atoms with Gasteiger partial charge in [0.05, 0.1) is 6.04 Å². The molecule has 1 unspecified atom stereocenters. The Morgan fingerprint density at radius 2 is 2.00 bits per heavy atom. The molecule has 100 valence electrons. The topological polar surface area (TPSA) is 24.9 Å². The molecule has 19 heavy (non-hydrogen) atoms. The van der Waals surface area contributed by atoms with Gasteiger partial charge in [-0.2, -0.15) is 0 Å². The van der Waals surface area contributed by atoms with Crippen molar-refractivity contribution >= 4 is 44.9 Å². The van der Waals surface area contributed by atoms with Gasteiger partial charge in [-0.25, -0.2) is 4.98 Å². The summed E-state index contributed by atoms with van der Waals surface area (Å²) in [6.07, 6.45) is 1.77.